The molecule has 0 aliphatic carbocycles. The van der Waals surface area contributed by atoms with Crippen LogP contribution in [-0.4, -0.2) is 47.7 Å². The van der Waals surface area contributed by atoms with Crippen molar-refractivity contribution in [3.05, 3.63) is 47.6 Å². The first-order valence-corrected chi connectivity index (χ1v) is 7.31. The topological polar surface area (TPSA) is 26.5 Å². The molecule has 0 bridgehead atoms. The lowest BCUT2D eigenvalue weighted by Crippen LogP contribution is -2.20. The summed E-state index contributed by atoms with van der Waals surface area (Å²) in [6.45, 7) is 2.90. The van der Waals surface area contributed by atoms with Crippen LogP contribution < -0.4 is 4.90 Å². The Hall–Kier alpha value is -1.87. The van der Waals surface area contributed by atoms with Crippen molar-refractivity contribution in [2.75, 3.05) is 24.5 Å². The van der Waals surface area contributed by atoms with Gasteiger partial charge >= 0.3 is 0 Å². The van der Waals surface area contributed by atoms with Gasteiger partial charge in [0.1, 0.15) is 0 Å². The average Bonchev–Trinajstić information content (AvgIpc) is 2.94. The Bertz CT molecular complexity index is 612. The van der Waals surface area contributed by atoms with Crippen LogP contribution in [0.4, 0.5) is 5.69 Å². The first-order valence-electron chi connectivity index (χ1n) is 7.31. The summed E-state index contributed by atoms with van der Waals surface area (Å²) in [5.41, 5.74) is 3.85. The number of aliphatic hydroxyl groups is 1. The Labute approximate surface area is 119 Å². The van der Waals surface area contributed by atoms with E-state index in [1.165, 1.54) is 23.4 Å². The summed E-state index contributed by atoms with van der Waals surface area (Å²) in [5, 5.41) is 9.58. The number of benzene rings is 1. The van der Waals surface area contributed by atoms with Gasteiger partial charge in [-0.15, -0.1) is 0 Å². The molecular formula is C17H19N2O+. The maximum atomic E-state index is 9.58. The Kier molecular flexibility index (Phi) is 2.74. The van der Waals surface area contributed by atoms with Gasteiger partial charge in [-0.25, -0.2) is 4.58 Å². The lowest BCUT2D eigenvalue weighted by Gasteiger charge is -2.17. The standard InChI is InChI=1S/C17H19N2O/c20-16-8-10-18(11-16)15-5-2-13(3-6-15)1-4-14-7-9-19-12-17(14)19/h1-7,9,16-17,20H,8,10-12H2/q+1. The second-order valence-electron chi connectivity index (χ2n) is 5.84. The fourth-order valence-corrected chi connectivity index (χ4v) is 3.04. The Balaban J connectivity index is 1.43. The third-order valence-corrected chi connectivity index (χ3v) is 4.38. The molecule has 3 nitrogen and oxygen atoms in total. The first kappa shape index (κ1) is 11.9. The van der Waals surface area contributed by atoms with Gasteiger partial charge < -0.3 is 10.0 Å². The van der Waals surface area contributed by atoms with Crippen molar-refractivity contribution < 1.29 is 9.68 Å². The highest BCUT2D eigenvalue weighted by Crippen LogP contribution is 2.26. The van der Waals surface area contributed by atoms with E-state index in [4.69, 9.17) is 0 Å². The summed E-state index contributed by atoms with van der Waals surface area (Å²) in [4.78, 5) is 2.24. The Morgan fingerprint density at radius 1 is 1.20 bits per heavy atom. The SMILES string of the molecule is OC1CCN(c2ccc(/C=C/C3=CC=[N+]4CC34)cc2)C1. The molecule has 0 saturated carbocycles. The van der Waals surface area contributed by atoms with Gasteiger partial charge in [0, 0.05) is 30.4 Å². The van der Waals surface area contributed by atoms with E-state index in [9.17, 15) is 5.11 Å². The van der Waals surface area contributed by atoms with Gasteiger partial charge in [-0.1, -0.05) is 24.3 Å². The number of β-amino-alcohol motifs (C(OH)–C–C–N with tert-alkyl or cyclic N) is 1. The fraction of sp³-hybridized carbons (Fsp3) is 0.353. The van der Waals surface area contributed by atoms with Crippen LogP contribution in [0, 0.1) is 0 Å². The second-order valence-corrected chi connectivity index (χ2v) is 5.84. The number of hydrogen-bond donors (Lipinski definition) is 1. The molecule has 3 aliphatic heterocycles. The lowest BCUT2D eigenvalue weighted by atomic mass is 10.1. The van der Waals surface area contributed by atoms with Crippen molar-refractivity contribution in [1.29, 1.82) is 0 Å². The highest BCUT2D eigenvalue weighted by Gasteiger charge is 2.45. The minimum atomic E-state index is -0.165. The van der Waals surface area contributed by atoms with Crippen LogP contribution in [0.5, 0.6) is 0 Å². The van der Waals surface area contributed by atoms with Crippen LogP contribution in [0.3, 0.4) is 0 Å². The largest absolute Gasteiger partial charge is 0.391 e. The molecule has 0 amide bonds. The number of allylic oxidation sites excluding steroid dienone is 1. The molecule has 3 heterocycles. The second kappa shape index (κ2) is 4.60. The van der Waals surface area contributed by atoms with E-state index >= 15 is 0 Å². The van der Waals surface area contributed by atoms with Crippen molar-refractivity contribution in [1.82, 2.24) is 0 Å². The number of nitrogens with zero attached hydrogens (tertiary/aromatic N) is 2. The maximum Gasteiger partial charge on any atom is 0.236 e. The molecule has 3 heteroatoms. The molecule has 0 aromatic heterocycles. The monoisotopic (exact) mass is 267 g/mol. The van der Waals surface area contributed by atoms with Crippen LogP contribution in [0.2, 0.25) is 0 Å². The van der Waals surface area contributed by atoms with Gasteiger partial charge in [0.15, 0.2) is 6.21 Å². The Morgan fingerprint density at radius 3 is 2.65 bits per heavy atom. The first-order chi connectivity index (χ1) is 9.79. The zero-order valence-electron chi connectivity index (χ0n) is 11.4. The molecule has 1 N–H and O–H groups in total. The van der Waals surface area contributed by atoms with Crippen molar-refractivity contribution >= 4 is 18.0 Å². The van der Waals surface area contributed by atoms with Gasteiger partial charge in [0.2, 0.25) is 12.6 Å². The lowest BCUT2D eigenvalue weighted by molar-refractivity contribution is -0.343. The smallest absolute Gasteiger partial charge is 0.236 e. The van der Waals surface area contributed by atoms with Crippen LogP contribution in [-0.2, 0) is 0 Å². The molecule has 0 spiro atoms. The predicted octanol–water partition coefficient (Wildman–Crippen LogP) is 1.68. The zero-order chi connectivity index (χ0) is 13.5. The van der Waals surface area contributed by atoms with E-state index in [-0.39, 0.29) is 6.10 Å². The van der Waals surface area contributed by atoms with E-state index in [0.717, 1.165) is 19.5 Å². The highest BCUT2D eigenvalue weighted by atomic mass is 16.3. The summed E-state index contributed by atoms with van der Waals surface area (Å²) in [5.74, 6) is 0. The van der Waals surface area contributed by atoms with E-state index in [1.54, 1.807) is 0 Å². The summed E-state index contributed by atoms with van der Waals surface area (Å²) in [6.07, 6.45) is 9.50. The predicted molar refractivity (Wildman–Crippen MR) is 81.4 cm³/mol. The summed E-state index contributed by atoms with van der Waals surface area (Å²) >= 11 is 0. The quantitative estimate of drug-likeness (QED) is 0.666. The fourth-order valence-electron chi connectivity index (χ4n) is 3.04. The summed E-state index contributed by atoms with van der Waals surface area (Å²) in [7, 11) is 0. The van der Waals surface area contributed by atoms with Crippen LogP contribution in [0.1, 0.15) is 12.0 Å². The van der Waals surface area contributed by atoms with Crippen molar-refractivity contribution in [2.45, 2.75) is 18.6 Å². The van der Waals surface area contributed by atoms with E-state index in [0.29, 0.717) is 6.04 Å². The van der Waals surface area contributed by atoms with E-state index < -0.39 is 0 Å². The highest BCUT2D eigenvalue weighted by molar-refractivity contribution is 5.74. The molecule has 102 valence electrons. The molecule has 0 radical (unpaired) electrons. The molecule has 3 aliphatic rings. The van der Waals surface area contributed by atoms with Crippen molar-refractivity contribution in [2.24, 2.45) is 0 Å². The summed E-state index contributed by atoms with van der Waals surface area (Å²) in [6, 6.07) is 9.25. The third kappa shape index (κ3) is 2.18. The average molecular weight is 267 g/mol. The zero-order valence-corrected chi connectivity index (χ0v) is 11.4. The molecule has 1 aromatic carbocycles. The molecule has 2 saturated heterocycles. The van der Waals surface area contributed by atoms with Gasteiger partial charge in [0.25, 0.3) is 0 Å². The van der Waals surface area contributed by atoms with Gasteiger partial charge in [-0.05, 0) is 24.1 Å². The summed E-state index contributed by atoms with van der Waals surface area (Å²) < 4.78 is 2.33. The van der Waals surface area contributed by atoms with Crippen LogP contribution >= 0.6 is 0 Å². The third-order valence-electron chi connectivity index (χ3n) is 4.38. The minimum absolute atomic E-state index is 0.165. The van der Waals surface area contributed by atoms with Gasteiger partial charge in [0.05, 0.1) is 6.10 Å². The number of hydrogen-bond acceptors (Lipinski definition) is 2. The number of aliphatic hydroxyl groups excluding tert-OH is 1. The molecule has 20 heavy (non-hydrogen) atoms. The Morgan fingerprint density at radius 2 is 2.05 bits per heavy atom. The van der Waals surface area contributed by atoms with Crippen LogP contribution in [0.15, 0.2) is 42.0 Å². The molecule has 2 unspecified atom stereocenters. The van der Waals surface area contributed by atoms with Crippen LogP contribution in [0.25, 0.3) is 6.08 Å². The number of anilines is 1. The molecule has 4 rings (SSSR count). The number of rotatable bonds is 3. The minimum Gasteiger partial charge on any atom is -0.391 e. The maximum absolute atomic E-state index is 9.58. The van der Waals surface area contributed by atoms with E-state index in [1.807, 2.05) is 0 Å². The number of fused-ring (bicyclic) bond motifs is 1. The van der Waals surface area contributed by atoms with E-state index in [2.05, 4.69) is 58.2 Å². The molecule has 2 atom stereocenters. The normalized spacial score (nSPS) is 27.8. The van der Waals surface area contributed by atoms with Gasteiger partial charge in [-0.3, -0.25) is 0 Å². The molecule has 2 fully saturated rings. The van der Waals surface area contributed by atoms with Crippen molar-refractivity contribution in [3.8, 4) is 0 Å². The molecule has 1 aromatic rings. The molecular weight excluding hydrogens is 248 g/mol. The van der Waals surface area contributed by atoms with Gasteiger partial charge in [-0.2, -0.15) is 0 Å². The van der Waals surface area contributed by atoms with Crippen molar-refractivity contribution in [3.63, 3.8) is 0 Å².